The van der Waals surface area contributed by atoms with Crippen molar-refractivity contribution in [1.82, 2.24) is 10.2 Å². The number of ether oxygens (including phenoxy) is 2. The Morgan fingerprint density at radius 1 is 1.32 bits per heavy atom. The first-order valence-electron chi connectivity index (χ1n) is 6.22. The van der Waals surface area contributed by atoms with E-state index >= 15 is 0 Å². The lowest BCUT2D eigenvalue weighted by molar-refractivity contribution is -0.130. The third kappa shape index (κ3) is 4.13. The fourth-order valence-corrected chi connectivity index (χ4v) is 1.84. The summed E-state index contributed by atoms with van der Waals surface area (Å²) in [6.07, 6.45) is 0.485. The van der Waals surface area contributed by atoms with E-state index in [0.29, 0.717) is 31.0 Å². The first-order valence-corrected chi connectivity index (χ1v) is 6.22. The van der Waals surface area contributed by atoms with Crippen LogP contribution >= 0.6 is 0 Å². The Balaban J connectivity index is 2.78. The minimum Gasteiger partial charge on any atom is -0.493 e. The molecule has 19 heavy (non-hydrogen) atoms. The van der Waals surface area contributed by atoms with E-state index in [1.807, 2.05) is 25.2 Å². The highest BCUT2D eigenvalue weighted by atomic mass is 16.5. The van der Waals surface area contributed by atoms with Crippen molar-refractivity contribution in [2.75, 3.05) is 34.9 Å². The second-order valence-electron chi connectivity index (χ2n) is 4.26. The Morgan fingerprint density at radius 2 is 2.05 bits per heavy atom. The van der Waals surface area contributed by atoms with E-state index in [-0.39, 0.29) is 5.91 Å². The Kier molecular flexibility index (Phi) is 6.15. The van der Waals surface area contributed by atoms with E-state index in [4.69, 9.17) is 9.47 Å². The third-order valence-electron chi connectivity index (χ3n) is 2.91. The second-order valence-corrected chi connectivity index (χ2v) is 4.26. The number of hydrogen-bond donors (Lipinski definition) is 1. The average Bonchev–Trinajstić information content (AvgIpc) is 2.44. The van der Waals surface area contributed by atoms with Crippen molar-refractivity contribution >= 4 is 5.91 Å². The van der Waals surface area contributed by atoms with E-state index in [0.717, 1.165) is 5.56 Å². The first kappa shape index (κ1) is 15.3. The highest BCUT2D eigenvalue weighted by Crippen LogP contribution is 2.31. The molecule has 0 atom stereocenters. The van der Waals surface area contributed by atoms with Gasteiger partial charge in [0.05, 0.1) is 14.2 Å². The summed E-state index contributed by atoms with van der Waals surface area (Å²) in [6, 6.07) is 5.66. The number of carbonyl (C=O) groups excluding carboxylic acids is 1. The van der Waals surface area contributed by atoms with Gasteiger partial charge in [-0.3, -0.25) is 4.79 Å². The number of methoxy groups -OCH3 is 2. The summed E-state index contributed by atoms with van der Waals surface area (Å²) in [5.74, 6) is 1.45. The molecule has 0 spiro atoms. The maximum Gasteiger partial charge on any atom is 0.223 e. The average molecular weight is 266 g/mol. The molecule has 1 rings (SSSR count). The third-order valence-corrected chi connectivity index (χ3v) is 2.91. The summed E-state index contributed by atoms with van der Waals surface area (Å²) in [5.41, 5.74) is 0.933. The van der Waals surface area contributed by atoms with Crippen molar-refractivity contribution in [2.24, 2.45) is 0 Å². The van der Waals surface area contributed by atoms with Gasteiger partial charge in [0.1, 0.15) is 0 Å². The predicted octanol–water partition coefficient (Wildman–Crippen LogP) is 1.27. The van der Waals surface area contributed by atoms with E-state index in [1.165, 1.54) is 0 Å². The summed E-state index contributed by atoms with van der Waals surface area (Å²) < 4.78 is 10.6. The van der Waals surface area contributed by atoms with Crippen LogP contribution in [0.5, 0.6) is 11.5 Å². The van der Waals surface area contributed by atoms with Gasteiger partial charge in [0, 0.05) is 32.1 Å². The maximum atomic E-state index is 11.9. The lowest BCUT2D eigenvalue weighted by Crippen LogP contribution is -2.28. The van der Waals surface area contributed by atoms with Gasteiger partial charge in [-0.2, -0.15) is 0 Å². The van der Waals surface area contributed by atoms with Crippen molar-refractivity contribution < 1.29 is 14.3 Å². The SMILES string of the molecule is CNCCC(=O)N(C)Cc1cccc(OC)c1OC. The molecule has 5 heteroatoms. The van der Waals surface area contributed by atoms with Crippen LogP contribution in [-0.2, 0) is 11.3 Å². The molecule has 1 amide bonds. The molecule has 0 heterocycles. The fraction of sp³-hybridized carbons (Fsp3) is 0.500. The molecule has 0 bridgehead atoms. The van der Waals surface area contributed by atoms with Gasteiger partial charge in [-0.05, 0) is 13.1 Å². The monoisotopic (exact) mass is 266 g/mol. The minimum atomic E-state index is 0.0965. The fourth-order valence-electron chi connectivity index (χ4n) is 1.84. The quantitative estimate of drug-likeness (QED) is 0.807. The first-order chi connectivity index (χ1) is 9.13. The van der Waals surface area contributed by atoms with Crippen molar-refractivity contribution in [1.29, 1.82) is 0 Å². The number of rotatable bonds is 7. The minimum absolute atomic E-state index is 0.0965. The molecular formula is C14H22N2O3. The summed E-state index contributed by atoms with van der Waals surface area (Å²) >= 11 is 0. The molecule has 0 aliphatic carbocycles. The number of amides is 1. The van der Waals surface area contributed by atoms with Gasteiger partial charge in [-0.1, -0.05) is 12.1 Å². The highest BCUT2D eigenvalue weighted by molar-refractivity contribution is 5.76. The van der Waals surface area contributed by atoms with Crippen molar-refractivity contribution in [2.45, 2.75) is 13.0 Å². The van der Waals surface area contributed by atoms with Gasteiger partial charge in [0.25, 0.3) is 0 Å². The van der Waals surface area contributed by atoms with Gasteiger partial charge >= 0.3 is 0 Å². The molecule has 0 aliphatic heterocycles. The van der Waals surface area contributed by atoms with Crippen molar-refractivity contribution in [3.63, 3.8) is 0 Å². The number of nitrogens with zero attached hydrogens (tertiary/aromatic N) is 1. The molecule has 1 aromatic carbocycles. The molecule has 0 saturated carbocycles. The van der Waals surface area contributed by atoms with Crippen LogP contribution in [0.15, 0.2) is 18.2 Å². The molecule has 1 N–H and O–H groups in total. The molecule has 0 unspecified atom stereocenters. The highest BCUT2D eigenvalue weighted by Gasteiger charge is 2.14. The molecule has 1 aromatic rings. The lowest BCUT2D eigenvalue weighted by atomic mass is 10.1. The van der Waals surface area contributed by atoms with Gasteiger partial charge in [-0.25, -0.2) is 0 Å². The van der Waals surface area contributed by atoms with Crippen LogP contribution in [0.4, 0.5) is 0 Å². The summed E-state index contributed by atoms with van der Waals surface area (Å²) in [6.45, 7) is 1.18. The predicted molar refractivity (Wildman–Crippen MR) is 74.6 cm³/mol. The van der Waals surface area contributed by atoms with Crippen LogP contribution < -0.4 is 14.8 Å². The Bertz CT molecular complexity index is 421. The van der Waals surface area contributed by atoms with E-state index in [1.54, 1.807) is 26.2 Å². The van der Waals surface area contributed by atoms with Crippen molar-refractivity contribution in [3.8, 4) is 11.5 Å². The second kappa shape index (κ2) is 7.63. The van der Waals surface area contributed by atoms with Gasteiger partial charge in [-0.15, -0.1) is 0 Å². The molecule has 5 nitrogen and oxygen atoms in total. The number of nitrogens with one attached hydrogen (secondary N) is 1. The Labute approximate surface area is 114 Å². The number of benzene rings is 1. The largest absolute Gasteiger partial charge is 0.493 e. The molecule has 0 saturated heterocycles. The zero-order valence-electron chi connectivity index (χ0n) is 12.0. The van der Waals surface area contributed by atoms with Crippen LogP contribution in [0.1, 0.15) is 12.0 Å². The molecule has 0 aliphatic rings. The van der Waals surface area contributed by atoms with Crippen molar-refractivity contribution in [3.05, 3.63) is 23.8 Å². The van der Waals surface area contributed by atoms with E-state index < -0.39 is 0 Å². The van der Waals surface area contributed by atoms with Crippen LogP contribution in [0.2, 0.25) is 0 Å². The number of hydrogen-bond acceptors (Lipinski definition) is 4. The van der Waals surface area contributed by atoms with Crippen LogP contribution in [0.25, 0.3) is 0 Å². The van der Waals surface area contributed by atoms with E-state index in [2.05, 4.69) is 5.32 Å². The van der Waals surface area contributed by atoms with E-state index in [9.17, 15) is 4.79 Å². The summed E-state index contributed by atoms with van der Waals surface area (Å²) in [5, 5.41) is 2.97. The van der Waals surface area contributed by atoms with Crippen LogP contribution in [0.3, 0.4) is 0 Å². The smallest absolute Gasteiger partial charge is 0.223 e. The number of carbonyl (C=O) groups is 1. The standard InChI is InChI=1S/C14H22N2O3/c1-15-9-8-13(17)16(2)10-11-6-5-7-12(18-3)14(11)19-4/h5-7,15H,8-10H2,1-4H3. The lowest BCUT2D eigenvalue weighted by Gasteiger charge is -2.20. The molecule has 0 radical (unpaired) electrons. The van der Waals surface area contributed by atoms with Gasteiger partial charge in [0.2, 0.25) is 5.91 Å². The van der Waals surface area contributed by atoms with Crippen LogP contribution in [0, 0.1) is 0 Å². The van der Waals surface area contributed by atoms with Gasteiger partial charge < -0.3 is 19.7 Å². The summed E-state index contributed by atoms with van der Waals surface area (Å²) in [4.78, 5) is 13.6. The number of para-hydroxylation sites is 1. The Morgan fingerprint density at radius 3 is 2.63 bits per heavy atom. The topological polar surface area (TPSA) is 50.8 Å². The normalized spacial score (nSPS) is 10.1. The zero-order chi connectivity index (χ0) is 14.3. The maximum absolute atomic E-state index is 11.9. The Hall–Kier alpha value is -1.75. The van der Waals surface area contributed by atoms with Gasteiger partial charge in [0.15, 0.2) is 11.5 Å². The van der Waals surface area contributed by atoms with Crippen LogP contribution in [-0.4, -0.2) is 45.7 Å². The zero-order valence-corrected chi connectivity index (χ0v) is 12.0. The molecule has 0 fully saturated rings. The molecule has 106 valence electrons. The molecular weight excluding hydrogens is 244 g/mol. The summed E-state index contributed by atoms with van der Waals surface area (Å²) in [7, 11) is 6.82. The molecule has 0 aromatic heterocycles.